The van der Waals surface area contributed by atoms with Gasteiger partial charge in [-0.15, -0.1) is 0 Å². The van der Waals surface area contributed by atoms with Crippen molar-refractivity contribution >= 4 is 5.70 Å². The second-order valence-corrected chi connectivity index (χ2v) is 3.75. The van der Waals surface area contributed by atoms with Gasteiger partial charge in [0.2, 0.25) is 0 Å². The van der Waals surface area contributed by atoms with E-state index in [9.17, 15) is 0 Å². The quantitative estimate of drug-likeness (QED) is 0.588. The van der Waals surface area contributed by atoms with Crippen LogP contribution in [-0.4, -0.2) is 6.61 Å². The van der Waals surface area contributed by atoms with Gasteiger partial charge in [-0.3, -0.25) is 10.3 Å². The first-order chi connectivity index (χ1) is 7.15. The van der Waals surface area contributed by atoms with Crippen molar-refractivity contribution in [3.8, 4) is 0 Å². The van der Waals surface area contributed by atoms with E-state index in [1.54, 1.807) is 0 Å². The third-order valence-corrected chi connectivity index (χ3v) is 2.22. The van der Waals surface area contributed by atoms with Gasteiger partial charge in [-0.2, -0.15) is 0 Å². The van der Waals surface area contributed by atoms with Crippen LogP contribution in [0.2, 0.25) is 0 Å². The maximum atomic E-state index is 5.24. The summed E-state index contributed by atoms with van der Waals surface area (Å²) in [5.74, 6) is 0. The molecule has 0 spiro atoms. The van der Waals surface area contributed by atoms with Crippen LogP contribution in [0, 0.1) is 13.8 Å². The molecule has 1 N–H and O–H groups in total. The molecule has 0 saturated heterocycles. The molecule has 0 saturated carbocycles. The Morgan fingerprint density at radius 1 is 1.40 bits per heavy atom. The lowest BCUT2D eigenvalue weighted by Gasteiger charge is -2.12. The average Bonchev–Trinajstić information content (AvgIpc) is 2.22. The number of benzene rings is 1. The molecule has 0 bridgehead atoms. The number of hydrogen-bond donors (Lipinski definition) is 1. The number of hydrogen-bond acceptors (Lipinski definition) is 2. The highest BCUT2D eigenvalue weighted by Crippen LogP contribution is 2.16. The van der Waals surface area contributed by atoms with E-state index >= 15 is 0 Å². The molecule has 2 nitrogen and oxygen atoms in total. The summed E-state index contributed by atoms with van der Waals surface area (Å²) in [5, 5.41) is 0. The minimum Gasteiger partial charge on any atom is -0.276 e. The molecular formula is C13H19NO. The molecule has 0 unspecified atom stereocenters. The summed E-state index contributed by atoms with van der Waals surface area (Å²) in [6.07, 6.45) is 0.993. The van der Waals surface area contributed by atoms with Crippen LogP contribution in [0.4, 0.5) is 0 Å². The van der Waals surface area contributed by atoms with E-state index in [-0.39, 0.29) is 0 Å². The lowest BCUT2D eigenvalue weighted by atomic mass is 10.0. The third-order valence-electron chi connectivity index (χ3n) is 2.22. The lowest BCUT2D eigenvalue weighted by Crippen LogP contribution is -2.13. The minimum atomic E-state index is 0.698. The van der Waals surface area contributed by atoms with E-state index in [4.69, 9.17) is 4.84 Å². The topological polar surface area (TPSA) is 21.3 Å². The first kappa shape index (κ1) is 11.8. The molecule has 2 heteroatoms. The van der Waals surface area contributed by atoms with Gasteiger partial charge in [0.1, 0.15) is 0 Å². The highest BCUT2D eigenvalue weighted by Gasteiger charge is 2.02. The second kappa shape index (κ2) is 5.56. The predicted molar refractivity (Wildman–Crippen MR) is 64.3 cm³/mol. The van der Waals surface area contributed by atoms with Crippen LogP contribution in [0.3, 0.4) is 0 Å². The molecule has 1 aromatic rings. The predicted octanol–water partition coefficient (Wildman–Crippen LogP) is 3.21. The average molecular weight is 205 g/mol. The second-order valence-electron chi connectivity index (χ2n) is 3.75. The zero-order chi connectivity index (χ0) is 11.3. The van der Waals surface area contributed by atoms with Gasteiger partial charge in [0.05, 0.1) is 12.3 Å². The molecule has 0 heterocycles. The van der Waals surface area contributed by atoms with Crippen LogP contribution in [0.25, 0.3) is 5.70 Å². The summed E-state index contributed by atoms with van der Waals surface area (Å²) in [7, 11) is 0. The Morgan fingerprint density at radius 2 is 2.13 bits per heavy atom. The van der Waals surface area contributed by atoms with Gasteiger partial charge >= 0.3 is 0 Å². The van der Waals surface area contributed by atoms with E-state index in [1.165, 1.54) is 11.1 Å². The molecule has 82 valence electrons. The van der Waals surface area contributed by atoms with E-state index in [1.807, 2.05) is 0 Å². The Labute approximate surface area is 91.9 Å². The van der Waals surface area contributed by atoms with E-state index < -0.39 is 0 Å². The minimum absolute atomic E-state index is 0.698. The first-order valence-corrected chi connectivity index (χ1v) is 5.29. The highest BCUT2D eigenvalue weighted by atomic mass is 16.6. The van der Waals surface area contributed by atoms with Crippen molar-refractivity contribution < 1.29 is 4.84 Å². The highest BCUT2D eigenvalue weighted by molar-refractivity contribution is 5.64. The molecule has 0 atom stereocenters. The van der Waals surface area contributed by atoms with Crippen LogP contribution in [0.1, 0.15) is 30.0 Å². The fourth-order valence-corrected chi connectivity index (χ4v) is 1.36. The Kier molecular flexibility index (Phi) is 4.37. The zero-order valence-electron chi connectivity index (χ0n) is 9.76. The number of hydroxylamine groups is 1. The maximum absolute atomic E-state index is 5.24. The third kappa shape index (κ3) is 3.40. The molecule has 0 aromatic heterocycles. The zero-order valence-corrected chi connectivity index (χ0v) is 9.76. The Morgan fingerprint density at radius 3 is 2.80 bits per heavy atom. The lowest BCUT2D eigenvalue weighted by molar-refractivity contribution is 0.0791. The van der Waals surface area contributed by atoms with Crippen molar-refractivity contribution in [2.24, 2.45) is 0 Å². The standard InChI is InChI=1S/C13H19NO/c1-5-8-15-14-12(4)13-9-10(2)6-7-11(13)3/h6-7,9,14H,4-5,8H2,1-3H3. The van der Waals surface area contributed by atoms with Crippen LogP contribution in [-0.2, 0) is 4.84 Å². The van der Waals surface area contributed by atoms with Gasteiger partial charge in [0.25, 0.3) is 0 Å². The van der Waals surface area contributed by atoms with Crippen LogP contribution >= 0.6 is 0 Å². The summed E-state index contributed by atoms with van der Waals surface area (Å²) in [6.45, 7) is 10.9. The largest absolute Gasteiger partial charge is 0.276 e. The summed E-state index contributed by atoms with van der Waals surface area (Å²) >= 11 is 0. The Bertz CT molecular complexity index is 344. The van der Waals surface area contributed by atoms with Crippen molar-refractivity contribution in [1.82, 2.24) is 5.48 Å². The number of nitrogens with one attached hydrogen (secondary N) is 1. The fraction of sp³-hybridized carbons (Fsp3) is 0.385. The van der Waals surface area contributed by atoms with Gasteiger partial charge in [-0.25, -0.2) is 0 Å². The van der Waals surface area contributed by atoms with Crippen molar-refractivity contribution in [3.05, 3.63) is 41.5 Å². The molecule has 0 amide bonds. The molecule has 1 aromatic carbocycles. The molecule has 0 aliphatic heterocycles. The first-order valence-electron chi connectivity index (χ1n) is 5.29. The van der Waals surface area contributed by atoms with Crippen LogP contribution in [0.5, 0.6) is 0 Å². The van der Waals surface area contributed by atoms with Crippen molar-refractivity contribution in [2.75, 3.05) is 6.61 Å². The SMILES string of the molecule is C=C(NOCCC)c1cc(C)ccc1C. The van der Waals surface area contributed by atoms with Gasteiger partial charge < -0.3 is 0 Å². The van der Waals surface area contributed by atoms with Gasteiger partial charge in [-0.05, 0) is 31.9 Å². The monoisotopic (exact) mass is 205 g/mol. The molecule has 0 aliphatic carbocycles. The summed E-state index contributed by atoms with van der Waals surface area (Å²) in [5.41, 5.74) is 7.25. The smallest absolute Gasteiger partial charge is 0.0743 e. The maximum Gasteiger partial charge on any atom is 0.0743 e. The normalized spacial score (nSPS) is 10.1. The summed E-state index contributed by atoms with van der Waals surface area (Å²) in [4.78, 5) is 5.24. The van der Waals surface area contributed by atoms with E-state index in [2.05, 4.69) is 51.0 Å². The number of rotatable bonds is 5. The Balaban J connectivity index is 2.68. The fourth-order valence-electron chi connectivity index (χ4n) is 1.36. The Hall–Kier alpha value is -1.28. The van der Waals surface area contributed by atoms with Gasteiger partial charge in [0, 0.05) is 5.56 Å². The van der Waals surface area contributed by atoms with Crippen molar-refractivity contribution in [1.29, 1.82) is 0 Å². The van der Waals surface area contributed by atoms with Gasteiger partial charge in [-0.1, -0.05) is 31.2 Å². The van der Waals surface area contributed by atoms with Gasteiger partial charge in [0.15, 0.2) is 0 Å². The van der Waals surface area contributed by atoms with Crippen LogP contribution in [0.15, 0.2) is 24.8 Å². The summed E-state index contributed by atoms with van der Waals surface area (Å²) < 4.78 is 0. The van der Waals surface area contributed by atoms with E-state index in [0.29, 0.717) is 6.61 Å². The van der Waals surface area contributed by atoms with Crippen LogP contribution < -0.4 is 5.48 Å². The van der Waals surface area contributed by atoms with Crippen molar-refractivity contribution in [3.63, 3.8) is 0 Å². The number of aryl methyl sites for hydroxylation is 2. The molecule has 0 fully saturated rings. The molecule has 15 heavy (non-hydrogen) atoms. The van der Waals surface area contributed by atoms with E-state index in [0.717, 1.165) is 17.7 Å². The molecule has 0 aliphatic rings. The summed E-state index contributed by atoms with van der Waals surface area (Å²) in [6, 6.07) is 6.30. The molecule has 1 rings (SSSR count). The molecular weight excluding hydrogens is 186 g/mol. The van der Waals surface area contributed by atoms with Crippen molar-refractivity contribution in [2.45, 2.75) is 27.2 Å². The molecule has 0 radical (unpaired) electrons.